The number of hydrogen-bond acceptors (Lipinski definition) is 2. The van der Waals surface area contributed by atoms with Gasteiger partial charge in [-0.1, -0.05) is 13.0 Å². The SMILES string of the molecule is CCCN(C(=O)c1cccc(F)c1)c1ccc(N)cc1. The highest BCUT2D eigenvalue weighted by molar-refractivity contribution is 6.06. The van der Waals surface area contributed by atoms with Gasteiger partial charge in [-0.3, -0.25) is 4.79 Å². The van der Waals surface area contributed by atoms with Crippen molar-refractivity contribution in [1.29, 1.82) is 0 Å². The zero-order chi connectivity index (χ0) is 14.5. The molecule has 0 atom stereocenters. The van der Waals surface area contributed by atoms with E-state index < -0.39 is 5.82 Å². The van der Waals surface area contributed by atoms with E-state index in [1.807, 2.05) is 6.92 Å². The van der Waals surface area contributed by atoms with Crippen molar-refractivity contribution < 1.29 is 9.18 Å². The molecule has 0 aliphatic rings. The van der Waals surface area contributed by atoms with E-state index in [9.17, 15) is 9.18 Å². The first-order chi connectivity index (χ1) is 9.61. The van der Waals surface area contributed by atoms with Gasteiger partial charge in [0.05, 0.1) is 0 Å². The van der Waals surface area contributed by atoms with Crippen molar-refractivity contribution in [3.63, 3.8) is 0 Å². The average Bonchev–Trinajstić information content (AvgIpc) is 2.45. The second-order valence-electron chi connectivity index (χ2n) is 4.56. The van der Waals surface area contributed by atoms with E-state index in [-0.39, 0.29) is 5.91 Å². The molecule has 0 radical (unpaired) electrons. The van der Waals surface area contributed by atoms with E-state index in [4.69, 9.17) is 5.73 Å². The molecule has 0 bridgehead atoms. The lowest BCUT2D eigenvalue weighted by atomic mass is 10.1. The lowest BCUT2D eigenvalue weighted by molar-refractivity contribution is 0.0986. The molecule has 0 unspecified atom stereocenters. The number of anilines is 2. The predicted molar refractivity (Wildman–Crippen MR) is 79.2 cm³/mol. The van der Waals surface area contributed by atoms with E-state index in [0.29, 0.717) is 17.8 Å². The van der Waals surface area contributed by atoms with Crippen LogP contribution in [0.3, 0.4) is 0 Å². The van der Waals surface area contributed by atoms with Crippen molar-refractivity contribution in [2.75, 3.05) is 17.2 Å². The summed E-state index contributed by atoms with van der Waals surface area (Å²) in [7, 11) is 0. The van der Waals surface area contributed by atoms with E-state index >= 15 is 0 Å². The van der Waals surface area contributed by atoms with Gasteiger partial charge in [0, 0.05) is 23.5 Å². The first kappa shape index (κ1) is 14.1. The topological polar surface area (TPSA) is 46.3 Å². The minimum absolute atomic E-state index is 0.212. The van der Waals surface area contributed by atoms with Gasteiger partial charge < -0.3 is 10.6 Å². The number of rotatable bonds is 4. The Hall–Kier alpha value is -2.36. The van der Waals surface area contributed by atoms with Gasteiger partial charge in [0.15, 0.2) is 0 Å². The van der Waals surface area contributed by atoms with Crippen LogP contribution in [0.15, 0.2) is 48.5 Å². The number of carbonyl (C=O) groups excluding carboxylic acids is 1. The van der Waals surface area contributed by atoms with Crippen LogP contribution in [0.5, 0.6) is 0 Å². The van der Waals surface area contributed by atoms with Gasteiger partial charge in [0.1, 0.15) is 5.82 Å². The fourth-order valence-corrected chi connectivity index (χ4v) is 2.00. The molecule has 20 heavy (non-hydrogen) atoms. The monoisotopic (exact) mass is 272 g/mol. The molecule has 2 aromatic rings. The smallest absolute Gasteiger partial charge is 0.258 e. The van der Waals surface area contributed by atoms with Crippen molar-refractivity contribution in [1.82, 2.24) is 0 Å². The zero-order valence-corrected chi connectivity index (χ0v) is 11.3. The molecule has 0 spiro atoms. The summed E-state index contributed by atoms with van der Waals surface area (Å²) in [5.74, 6) is -0.624. The second-order valence-corrected chi connectivity index (χ2v) is 4.56. The summed E-state index contributed by atoms with van der Waals surface area (Å²) in [6, 6.07) is 12.8. The lowest BCUT2D eigenvalue weighted by Crippen LogP contribution is -2.31. The maximum absolute atomic E-state index is 13.2. The highest BCUT2D eigenvalue weighted by Crippen LogP contribution is 2.19. The van der Waals surface area contributed by atoms with Crippen LogP contribution in [-0.2, 0) is 0 Å². The number of carbonyl (C=O) groups is 1. The Kier molecular flexibility index (Phi) is 4.35. The summed E-state index contributed by atoms with van der Waals surface area (Å²) in [5.41, 5.74) is 7.40. The Balaban J connectivity index is 2.33. The van der Waals surface area contributed by atoms with Crippen molar-refractivity contribution in [2.45, 2.75) is 13.3 Å². The normalized spacial score (nSPS) is 10.3. The third kappa shape index (κ3) is 3.15. The zero-order valence-electron chi connectivity index (χ0n) is 11.3. The van der Waals surface area contributed by atoms with Gasteiger partial charge in [-0.25, -0.2) is 4.39 Å². The third-order valence-electron chi connectivity index (χ3n) is 2.97. The molecule has 2 rings (SSSR count). The van der Waals surface area contributed by atoms with Gasteiger partial charge in [0.2, 0.25) is 0 Å². The van der Waals surface area contributed by atoms with Crippen LogP contribution in [-0.4, -0.2) is 12.5 Å². The maximum Gasteiger partial charge on any atom is 0.258 e. The largest absolute Gasteiger partial charge is 0.399 e. The predicted octanol–water partition coefficient (Wildman–Crippen LogP) is 3.46. The Labute approximate surface area is 117 Å². The summed E-state index contributed by atoms with van der Waals surface area (Å²) >= 11 is 0. The summed E-state index contributed by atoms with van der Waals surface area (Å²) in [5, 5.41) is 0. The first-order valence-corrected chi connectivity index (χ1v) is 6.55. The number of nitrogens with zero attached hydrogens (tertiary/aromatic N) is 1. The molecule has 1 amide bonds. The first-order valence-electron chi connectivity index (χ1n) is 6.55. The van der Waals surface area contributed by atoms with Crippen LogP contribution in [0.25, 0.3) is 0 Å². The van der Waals surface area contributed by atoms with Crippen LogP contribution in [0.1, 0.15) is 23.7 Å². The summed E-state index contributed by atoms with van der Waals surface area (Å²) < 4.78 is 13.2. The molecule has 0 aliphatic heterocycles. The molecule has 0 saturated carbocycles. The standard InChI is InChI=1S/C16H17FN2O/c1-2-10-19(15-8-6-14(18)7-9-15)16(20)12-4-3-5-13(17)11-12/h3-9,11H,2,10,18H2,1H3. The Morgan fingerprint density at radius 3 is 2.50 bits per heavy atom. The maximum atomic E-state index is 13.2. The van der Waals surface area contributed by atoms with Crippen LogP contribution in [0, 0.1) is 5.82 Å². The number of nitrogen functional groups attached to an aromatic ring is 1. The highest BCUT2D eigenvalue weighted by atomic mass is 19.1. The van der Waals surface area contributed by atoms with Gasteiger partial charge in [0.25, 0.3) is 5.91 Å². The molecule has 2 N–H and O–H groups in total. The van der Waals surface area contributed by atoms with Crippen LogP contribution < -0.4 is 10.6 Å². The van der Waals surface area contributed by atoms with Crippen molar-refractivity contribution >= 4 is 17.3 Å². The molecule has 0 fully saturated rings. The highest BCUT2D eigenvalue weighted by Gasteiger charge is 2.17. The van der Waals surface area contributed by atoms with E-state index in [2.05, 4.69) is 0 Å². The van der Waals surface area contributed by atoms with E-state index in [0.717, 1.165) is 12.1 Å². The molecule has 0 heterocycles. The molecule has 0 aliphatic carbocycles. The number of hydrogen-bond donors (Lipinski definition) is 1. The molecular weight excluding hydrogens is 255 g/mol. The van der Waals surface area contributed by atoms with Gasteiger partial charge in [-0.2, -0.15) is 0 Å². The number of halogens is 1. The second kappa shape index (κ2) is 6.19. The molecule has 4 heteroatoms. The molecule has 2 aromatic carbocycles. The lowest BCUT2D eigenvalue weighted by Gasteiger charge is -2.22. The van der Waals surface area contributed by atoms with Crippen molar-refractivity contribution in [3.8, 4) is 0 Å². The van der Waals surface area contributed by atoms with Gasteiger partial charge in [-0.05, 0) is 48.9 Å². The summed E-state index contributed by atoms with van der Waals surface area (Å²) in [6.45, 7) is 2.56. The number of nitrogens with two attached hydrogens (primary N) is 1. The minimum Gasteiger partial charge on any atom is -0.399 e. The summed E-state index contributed by atoms with van der Waals surface area (Å²) in [6.07, 6.45) is 0.811. The van der Waals surface area contributed by atoms with Crippen molar-refractivity contribution in [2.24, 2.45) is 0 Å². The summed E-state index contributed by atoms with van der Waals surface area (Å²) in [4.78, 5) is 14.1. The molecule has 3 nitrogen and oxygen atoms in total. The number of benzene rings is 2. The molecule has 0 aromatic heterocycles. The Morgan fingerprint density at radius 1 is 1.20 bits per heavy atom. The average molecular weight is 272 g/mol. The quantitative estimate of drug-likeness (QED) is 0.866. The fraction of sp³-hybridized carbons (Fsp3) is 0.188. The molecule has 104 valence electrons. The fourth-order valence-electron chi connectivity index (χ4n) is 2.00. The number of amides is 1. The minimum atomic E-state index is -0.412. The van der Waals surface area contributed by atoms with E-state index in [1.165, 1.54) is 18.2 Å². The Morgan fingerprint density at radius 2 is 1.90 bits per heavy atom. The van der Waals surface area contributed by atoms with Gasteiger partial charge in [-0.15, -0.1) is 0 Å². The Bertz CT molecular complexity index is 596. The van der Waals surface area contributed by atoms with Crippen LogP contribution in [0.4, 0.5) is 15.8 Å². The molecule has 0 saturated heterocycles. The van der Waals surface area contributed by atoms with Gasteiger partial charge >= 0.3 is 0 Å². The van der Waals surface area contributed by atoms with Crippen LogP contribution >= 0.6 is 0 Å². The van der Waals surface area contributed by atoms with E-state index in [1.54, 1.807) is 35.2 Å². The molecular formula is C16H17FN2O. The van der Waals surface area contributed by atoms with Crippen molar-refractivity contribution in [3.05, 3.63) is 59.9 Å². The van der Waals surface area contributed by atoms with Crippen LogP contribution in [0.2, 0.25) is 0 Å². The third-order valence-corrected chi connectivity index (χ3v) is 2.97.